The number of carbonyl (C=O) groups excluding carboxylic acids is 1. The first-order valence-corrected chi connectivity index (χ1v) is 12.0. The highest BCUT2D eigenvalue weighted by Gasteiger charge is 2.15. The maximum atomic E-state index is 12.7. The van der Waals surface area contributed by atoms with Crippen molar-refractivity contribution in [3.63, 3.8) is 0 Å². The van der Waals surface area contributed by atoms with Gasteiger partial charge in [-0.2, -0.15) is 5.26 Å². The van der Waals surface area contributed by atoms with Gasteiger partial charge >= 0.3 is 0 Å². The first-order chi connectivity index (χ1) is 16.2. The number of ether oxygens (including phenoxy) is 2. The van der Waals surface area contributed by atoms with Crippen LogP contribution < -0.4 is 14.8 Å². The van der Waals surface area contributed by atoms with Gasteiger partial charge in [0.05, 0.1) is 10.7 Å². The molecule has 3 rings (SSSR count). The summed E-state index contributed by atoms with van der Waals surface area (Å²) >= 11 is 14.3. The highest BCUT2D eigenvalue weighted by molar-refractivity contribution is 14.1. The van der Waals surface area contributed by atoms with E-state index < -0.39 is 5.91 Å². The number of carbonyl (C=O) groups is 1. The van der Waals surface area contributed by atoms with Gasteiger partial charge in [-0.3, -0.25) is 4.79 Å². The molecule has 0 unspecified atom stereocenters. The predicted octanol–water partition coefficient (Wildman–Crippen LogP) is 7.35. The van der Waals surface area contributed by atoms with Gasteiger partial charge in [0, 0.05) is 21.3 Å². The molecule has 0 spiro atoms. The molecule has 0 aliphatic heterocycles. The molecule has 174 valence electrons. The smallest absolute Gasteiger partial charge is 0.266 e. The normalized spacial score (nSPS) is 11.0. The fraction of sp³-hybridized carbons (Fsp3) is 0.154. The monoisotopic (exact) mass is 606 g/mol. The number of aryl methyl sites for hydroxylation is 2. The van der Waals surface area contributed by atoms with E-state index in [-0.39, 0.29) is 12.2 Å². The molecule has 0 radical (unpaired) electrons. The number of nitrogens with zero attached hydrogens (tertiary/aromatic N) is 1. The molecule has 0 aliphatic carbocycles. The van der Waals surface area contributed by atoms with Crippen LogP contribution in [0.5, 0.6) is 11.5 Å². The van der Waals surface area contributed by atoms with Crippen molar-refractivity contribution in [2.75, 3.05) is 12.4 Å². The number of nitrogens with one attached hydrogen (secondary N) is 1. The molecular formula is C26H21Cl2IN2O3. The van der Waals surface area contributed by atoms with Crippen LogP contribution in [-0.4, -0.2) is 13.0 Å². The van der Waals surface area contributed by atoms with Gasteiger partial charge < -0.3 is 14.8 Å². The fourth-order valence-corrected chi connectivity index (χ4v) is 4.33. The van der Waals surface area contributed by atoms with Crippen molar-refractivity contribution in [1.29, 1.82) is 5.26 Å². The zero-order valence-corrected chi connectivity index (χ0v) is 22.4. The number of anilines is 1. The lowest BCUT2D eigenvalue weighted by Crippen LogP contribution is -2.13. The summed E-state index contributed by atoms with van der Waals surface area (Å²) in [5.41, 5.74) is 4.18. The molecule has 0 atom stereocenters. The lowest BCUT2D eigenvalue weighted by atomic mass is 10.1. The van der Waals surface area contributed by atoms with Crippen molar-refractivity contribution in [2.45, 2.75) is 20.5 Å². The van der Waals surface area contributed by atoms with E-state index in [4.69, 9.17) is 32.7 Å². The maximum Gasteiger partial charge on any atom is 0.266 e. The van der Waals surface area contributed by atoms with Crippen molar-refractivity contribution in [2.24, 2.45) is 0 Å². The summed E-state index contributed by atoms with van der Waals surface area (Å²) in [7, 11) is 1.53. The van der Waals surface area contributed by atoms with Gasteiger partial charge in [0.1, 0.15) is 18.2 Å². The van der Waals surface area contributed by atoms with Crippen LogP contribution in [0.15, 0.2) is 54.1 Å². The zero-order valence-electron chi connectivity index (χ0n) is 18.7. The van der Waals surface area contributed by atoms with Crippen LogP contribution >= 0.6 is 45.8 Å². The topological polar surface area (TPSA) is 71.3 Å². The number of nitriles is 1. The predicted molar refractivity (Wildman–Crippen MR) is 145 cm³/mol. The van der Waals surface area contributed by atoms with Crippen LogP contribution in [0.3, 0.4) is 0 Å². The van der Waals surface area contributed by atoms with Crippen LogP contribution in [0.25, 0.3) is 6.08 Å². The second kappa shape index (κ2) is 11.6. The fourth-order valence-electron chi connectivity index (χ4n) is 3.08. The van der Waals surface area contributed by atoms with Crippen molar-refractivity contribution >= 4 is 63.5 Å². The number of hydrogen-bond donors (Lipinski definition) is 1. The number of hydrogen-bond acceptors (Lipinski definition) is 4. The Morgan fingerprint density at radius 2 is 1.88 bits per heavy atom. The third kappa shape index (κ3) is 6.44. The summed E-state index contributed by atoms with van der Waals surface area (Å²) in [5.74, 6) is 0.511. The van der Waals surface area contributed by atoms with Gasteiger partial charge in [-0.15, -0.1) is 0 Å². The number of amides is 1. The molecule has 0 heterocycles. The summed E-state index contributed by atoms with van der Waals surface area (Å²) in [6.07, 6.45) is 1.51. The first-order valence-electron chi connectivity index (χ1n) is 10.2. The molecule has 5 nitrogen and oxygen atoms in total. The summed E-state index contributed by atoms with van der Waals surface area (Å²) in [5, 5.41) is 13.4. The van der Waals surface area contributed by atoms with E-state index in [0.717, 1.165) is 20.3 Å². The van der Waals surface area contributed by atoms with Crippen LogP contribution in [0, 0.1) is 28.7 Å². The third-order valence-electron chi connectivity index (χ3n) is 5.08. The summed E-state index contributed by atoms with van der Waals surface area (Å²) in [6, 6.07) is 16.3. The van der Waals surface area contributed by atoms with Gasteiger partial charge in [0.25, 0.3) is 5.91 Å². The summed E-state index contributed by atoms with van der Waals surface area (Å²) < 4.78 is 12.2. The first kappa shape index (κ1) is 25.9. The van der Waals surface area contributed by atoms with E-state index in [0.29, 0.717) is 32.8 Å². The Labute approximate surface area is 222 Å². The minimum absolute atomic E-state index is 0.0299. The van der Waals surface area contributed by atoms with Gasteiger partial charge in [0.15, 0.2) is 11.5 Å². The third-order valence-corrected chi connectivity index (χ3v) is 6.47. The van der Waals surface area contributed by atoms with E-state index in [9.17, 15) is 10.1 Å². The zero-order chi connectivity index (χ0) is 24.8. The minimum Gasteiger partial charge on any atom is -0.493 e. The van der Waals surface area contributed by atoms with Crippen molar-refractivity contribution in [1.82, 2.24) is 0 Å². The maximum absolute atomic E-state index is 12.7. The Morgan fingerprint density at radius 1 is 1.12 bits per heavy atom. The largest absolute Gasteiger partial charge is 0.493 e. The lowest BCUT2D eigenvalue weighted by Gasteiger charge is -2.14. The van der Waals surface area contributed by atoms with Crippen molar-refractivity contribution in [3.05, 3.63) is 90.0 Å². The van der Waals surface area contributed by atoms with E-state index >= 15 is 0 Å². The average Bonchev–Trinajstić information content (AvgIpc) is 2.79. The van der Waals surface area contributed by atoms with E-state index in [1.165, 1.54) is 13.2 Å². The Hall–Kier alpha value is -2.73. The number of rotatable bonds is 7. The lowest BCUT2D eigenvalue weighted by molar-refractivity contribution is -0.112. The van der Waals surface area contributed by atoms with Crippen LogP contribution in [0.4, 0.5) is 5.69 Å². The van der Waals surface area contributed by atoms with Gasteiger partial charge in [-0.1, -0.05) is 35.3 Å². The average molecular weight is 607 g/mol. The molecule has 3 aromatic carbocycles. The van der Waals surface area contributed by atoms with Gasteiger partial charge in [-0.05, 0) is 95.6 Å². The standard InChI is InChI=1S/C26H21Cl2IN2O3/c1-15-4-7-21(8-16(15)2)31-26(32)19(13-30)9-17-10-23(29)25(24(11-17)33-3)34-14-18-5-6-20(27)12-22(18)28/h4-12H,14H2,1-3H3,(H,31,32)/b19-9+. The Kier molecular flexibility index (Phi) is 8.84. The minimum atomic E-state index is -0.488. The molecule has 3 aromatic rings. The summed E-state index contributed by atoms with van der Waals surface area (Å²) in [6.45, 7) is 4.18. The molecule has 1 N–H and O–H groups in total. The second-order valence-corrected chi connectivity index (χ2v) is 9.49. The summed E-state index contributed by atoms with van der Waals surface area (Å²) in [4.78, 5) is 12.7. The number of methoxy groups -OCH3 is 1. The van der Waals surface area contributed by atoms with Crippen LogP contribution in [0.1, 0.15) is 22.3 Å². The van der Waals surface area contributed by atoms with Gasteiger partial charge in [0.2, 0.25) is 0 Å². The Balaban J connectivity index is 1.83. The SMILES string of the molecule is COc1cc(/C=C(\C#N)C(=O)Nc2ccc(C)c(C)c2)cc(I)c1OCc1ccc(Cl)cc1Cl. The molecule has 0 aliphatic rings. The van der Waals surface area contributed by atoms with Gasteiger partial charge in [-0.25, -0.2) is 0 Å². The van der Waals surface area contributed by atoms with E-state index in [1.807, 2.05) is 38.1 Å². The second-order valence-electron chi connectivity index (χ2n) is 7.48. The molecule has 8 heteroatoms. The van der Waals surface area contributed by atoms with E-state index in [2.05, 4.69) is 27.9 Å². The molecule has 0 fully saturated rings. The number of benzene rings is 3. The highest BCUT2D eigenvalue weighted by atomic mass is 127. The Bertz CT molecular complexity index is 1320. The molecule has 0 saturated heterocycles. The van der Waals surface area contributed by atoms with E-state index in [1.54, 1.807) is 30.3 Å². The highest BCUT2D eigenvalue weighted by Crippen LogP contribution is 2.36. The molecule has 0 bridgehead atoms. The van der Waals surface area contributed by atoms with Crippen LogP contribution in [-0.2, 0) is 11.4 Å². The van der Waals surface area contributed by atoms with Crippen molar-refractivity contribution < 1.29 is 14.3 Å². The van der Waals surface area contributed by atoms with Crippen molar-refractivity contribution in [3.8, 4) is 17.6 Å². The Morgan fingerprint density at radius 3 is 2.53 bits per heavy atom. The number of halogens is 3. The molecule has 0 aromatic heterocycles. The molecule has 1 amide bonds. The molecular weight excluding hydrogens is 586 g/mol. The molecule has 0 saturated carbocycles. The molecule has 34 heavy (non-hydrogen) atoms. The quantitative estimate of drug-likeness (QED) is 0.173. The van der Waals surface area contributed by atoms with Crippen LogP contribution in [0.2, 0.25) is 10.0 Å².